The van der Waals surface area contributed by atoms with Crippen LogP contribution in [0.3, 0.4) is 0 Å². The zero-order valence-corrected chi connectivity index (χ0v) is 19.3. The normalized spacial score (nSPS) is 12.3. The van der Waals surface area contributed by atoms with E-state index in [-0.39, 0.29) is 13.2 Å². The zero-order chi connectivity index (χ0) is 23.6. The lowest BCUT2D eigenvalue weighted by molar-refractivity contribution is -0.0662. The minimum atomic E-state index is -0.908. The summed E-state index contributed by atoms with van der Waals surface area (Å²) >= 11 is 0. The maximum Gasteiger partial charge on any atom is 0.143 e. The molecule has 0 amide bonds. The van der Waals surface area contributed by atoms with Crippen LogP contribution in [0.15, 0.2) is 115 Å². The molecule has 0 radical (unpaired) electrons. The van der Waals surface area contributed by atoms with Gasteiger partial charge in [-0.15, -0.1) is 0 Å². The minimum absolute atomic E-state index is 0.102. The predicted octanol–water partition coefficient (Wildman–Crippen LogP) is 5.58. The van der Waals surface area contributed by atoms with E-state index >= 15 is 0 Å². The average Bonchev–Trinajstić information content (AvgIpc) is 2.91. The molecule has 174 valence electrons. The fraction of sp³-hybridized carbons (Fsp3) is 0.200. The summed E-state index contributed by atoms with van der Waals surface area (Å²) in [4.78, 5) is 0. The minimum Gasteiger partial charge on any atom is -0.497 e. The van der Waals surface area contributed by atoms with Crippen LogP contribution in [0.1, 0.15) is 22.3 Å². The summed E-state index contributed by atoms with van der Waals surface area (Å²) in [6.07, 6.45) is -0.784. The van der Waals surface area contributed by atoms with E-state index in [4.69, 9.17) is 14.2 Å². The van der Waals surface area contributed by atoms with Gasteiger partial charge >= 0.3 is 0 Å². The van der Waals surface area contributed by atoms with Crippen molar-refractivity contribution in [2.24, 2.45) is 0 Å². The molecule has 0 spiro atoms. The van der Waals surface area contributed by atoms with Crippen molar-refractivity contribution in [1.29, 1.82) is 0 Å². The third kappa shape index (κ3) is 5.54. The number of rotatable bonds is 11. The summed E-state index contributed by atoms with van der Waals surface area (Å²) in [7, 11) is 1.65. The number of hydrogen-bond donors (Lipinski definition) is 1. The van der Waals surface area contributed by atoms with Crippen LogP contribution < -0.4 is 4.74 Å². The van der Waals surface area contributed by atoms with Crippen LogP contribution in [0.25, 0.3) is 0 Å². The quantitative estimate of drug-likeness (QED) is 0.301. The molecule has 0 fully saturated rings. The lowest BCUT2D eigenvalue weighted by Gasteiger charge is -2.36. The van der Waals surface area contributed by atoms with Gasteiger partial charge in [-0.2, -0.15) is 0 Å². The molecule has 0 aromatic heterocycles. The standard InChI is InChI=1S/C30H30O4/c1-32-29-19-17-27(18-20-29)30(25-13-7-3-8-14-25,26-15-9-4-10-16-26)34-23-28(31)22-33-21-24-11-5-2-6-12-24/h2-20,28,31H,21-23H2,1H3/t28-/m1/s1. The van der Waals surface area contributed by atoms with Crippen LogP contribution in [0.2, 0.25) is 0 Å². The Morgan fingerprint density at radius 1 is 0.647 bits per heavy atom. The van der Waals surface area contributed by atoms with Crippen molar-refractivity contribution in [2.75, 3.05) is 20.3 Å². The van der Waals surface area contributed by atoms with Crippen molar-refractivity contribution >= 4 is 0 Å². The Labute approximate surface area is 201 Å². The van der Waals surface area contributed by atoms with E-state index < -0.39 is 11.7 Å². The highest BCUT2D eigenvalue weighted by molar-refractivity contribution is 5.48. The molecule has 0 unspecified atom stereocenters. The smallest absolute Gasteiger partial charge is 0.143 e. The van der Waals surface area contributed by atoms with Crippen molar-refractivity contribution < 1.29 is 19.3 Å². The molecule has 0 aliphatic rings. The zero-order valence-electron chi connectivity index (χ0n) is 19.3. The highest BCUT2D eigenvalue weighted by atomic mass is 16.5. The molecule has 0 bridgehead atoms. The van der Waals surface area contributed by atoms with Gasteiger partial charge in [-0.1, -0.05) is 103 Å². The molecule has 0 aliphatic carbocycles. The number of aliphatic hydroxyl groups is 1. The summed E-state index contributed by atoms with van der Waals surface area (Å²) in [5.74, 6) is 0.771. The molecule has 34 heavy (non-hydrogen) atoms. The largest absolute Gasteiger partial charge is 0.497 e. The van der Waals surface area contributed by atoms with E-state index in [1.807, 2.05) is 91.0 Å². The van der Waals surface area contributed by atoms with Crippen LogP contribution >= 0.6 is 0 Å². The van der Waals surface area contributed by atoms with Crippen LogP contribution in [0, 0.1) is 0 Å². The van der Waals surface area contributed by atoms with Gasteiger partial charge in [-0.05, 0) is 34.4 Å². The Morgan fingerprint density at radius 2 is 1.15 bits per heavy atom. The first kappa shape index (κ1) is 23.7. The molecule has 4 nitrogen and oxygen atoms in total. The molecule has 0 saturated heterocycles. The van der Waals surface area contributed by atoms with Crippen LogP contribution in [-0.2, 0) is 21.7 Å². The van der Waals surface area contributed by atoms with Gasteiger partial charge in [-0.3, -0.25) is 0 Å². The lowest BCUT2D eigenvalue weighted by Crippen LogP contribution is -2.36. The van der Waals surface area contributed by atoms with E-state index in [9.17, 15) is 5.11 Å². The van der Waals surface area contributed by atoms with E-state index in [0.29, 0.717) is 6.61 Å². The second-order valence-corrected chi connectivity index (χ2v) is 8.11. The molecule has 1 atom stereocenters. The van der Waals surface area contributed by atoms with Gasteiger partial charge in [0, 0.05) is 0 Å². The summed E-state index contributed by atoms with van der Waals surface area (Å²) in [6.45, 7) is 0.723. The molecule has 4 aromatic carbocycles. The number of benzene rings is 4. The first-order chi connectivity index (χ1) is 16.7. The Hall–Kier alpha value is -3.44. The fourth-order valence-corrected chi connectivity index (χ4v) is 4.08. The van der Waals surface area contributed by atoms with Crippen molar-refractivity contribution in [1.82, 2.24) is 0 Å². The van der Waals surface area contributed by atoms with Crippen LogP contribution in [0.5, 0.6) is 5.75 Å². The maximum absolute atomic E-state index is 10.7. The molecule has 4 rings (SSSR count). The number of methoxy groups -OCH3 is 1. The molecule has 0 saturated carbocycles. The molecule has 4 aromatic rings. The van der Waals surface area contributed by atoms with Crippen LogP contribution in [0.4, 0.5) is 0 Å². The average molecular weight is 455 g/mol. The van der Waals surface area contributed by atoms with E-state index in [0.717, 1.165) is 28.0 Å². The van der Waals surface area contributed by atoms with Crippen molar-refractivity contribution in [3.63, 3.8) is 0 Å². The second kappa shape index (κ2) is 11.6. The van der Waals surface area contributed by atoms with Gasteiger partial charge in [0.15, 0.2) is 0 Å². The number of aliphatic hydroxyl groups excluding tert-OH is 1. The summed E-state index contributed by atoms with van der Waals surface area (Å²) in [5, 5.41) is 10.7. The Balaban J connectivity index is 1.61. The fourth-order valence-electron chi connectivity index (χ4n) is 4.08. The van der Waals surface area contributed by atoms with Gasteiger partial charge in [0.2, 0.25) is 0 Å². The first-order valence-corrected chi connectivity index (χ1v) is 11.4. The summed E-state index contributed by atoms with van der Waals surface area (Å²) < 4.78 is 17.8. The molecular formula is C30H30O4. The summed E-state index contributed by atoms with van der Waals surface area (Å²) in [5.41, 5.74) is 3.06. The SMILES string of the molecule is COc1ccc(C(OC[C@H](O)COCc2ccccc2)(c2ccccc2)c2ccccc2)cc1. The van der Waals surface area contributed by atoms with Crippen LogP contribution in [-0.4, -0.2) is 31.5 Å². The third-order valence-corrected chi connectivity index (χ3v) is 5.77. The highest BCUT2D eigenvalue weighted by Crippen LogP contribution is 2.41. The first-order valence-electron chi connectivity index (χ1n) is 11.4. The third-order valence-electron chi connectivity index (χ3n) is 5.77. The summed E-state index contributed by atoms with van der Waals surface area (Å²) in [6, 6.07) is 38.0. The van der Waals surface area contributed by atoms with Gasteiger partial charge in [0.1, 0.15) is 17.5 Å². The van der Waals surface area contributed by atoms with Gasteiger partial charge in [0.25, 0.3) is 0 Å². The Kier molecular flexibility index (Phi) is 8.10. The highest BCUT2D eigenvalue weighted by Gasteiger charge is 2.38. The molecular weight excluding hydrogens is 424 g/mol. The second-order valence-electron chi connectivity index (χ2n) is 8.11. The van der Waals surface area contributed by atoms with Gasteiger partial charge in [0.05, 0.1) is 26.9 Å². The van der Waals surface area contributed by atoms with E-state index in [1.165, 1.54) is 0 Å². The number of hydrogen-bond acceptors (Lipinski definition) is 4. The molecule has 0 heterocycles. The van der Waals surface area contributed by atoms with Crippen molar-refractivity contribution in [3.8, 4) is 5.75 Å². The number of ether oxygens (including phenoxy) is 3. The van der Waals surface area contributed by atoms with Gasteiger partial charge in [-0.25, -0.2) is 0 Å². The van der Waals surface area contributed by atoms with Crippen molar-refractivity contribution in [2.45, 2.75) is 18.3 Å². The molecule has 4 heteroatoms. The lowest BCUT2D eigenvalue weighted by atomic mass is 9.80. The van der Waals surface area contributed by atoms with E-state index in [2.05, 4.69) is 24.3 Å². The maximum atomic E-state index is 10.7. The Morgan fingerprint density at radius 3 is 1.68 bits per heavy atom. The van der Waals surface area contributed by atoms with Gasteiger partial charge < -0.3 is 19.3 Å². The van der Waals surface area contributed by atoms with E-state index in [1.54, 1.807) is 7.11 Å². The Bertz CT molecular complexity index is 1070. The topological polar surface area (TPSA) is 47.9 Å². The van der Waals surface area contributed by atoms with Crippen molar-refractivity contribution in [3.05, 3.63) is 138 Å². The molecule has 1 N–H and O–H groups in total. The monoisotopic (exact) mass is 454 g/mol. The predicted molar refractivity (Wildman–Crippen MR) is 134 cm³/mol. The molecule has 0 aliphatic heterocycles.